The lowest BCUT2D eigenvalue weighted by Gasteiger charge is -2.00. The molecule has 4 heteroatoms. The molecule has 19 heavy (non-hydrogen) atoms. The quantitative estimate of drug-likeness (QED) is 0.562. The van der Waals surface area contributed by atoms with Crippen molar-refractivity contribution in [3.05, 3.63) is 48.7 Å². The highest BCUT2D eigenvalue weighted by atomic mass is 15.3. The van der Waals surface area contributed by atoms with Crippen molar-refractivity contribution in [2.45, 2.75) is 0 Å². The van der Waals surface area contributed by atoms with Gasteiger partial charge in [0.2, 0.25) is 0 Å². The fraction of sp³-hybridized carbons (Fsp3) is 0.0667. The summed E-state index contributed by atoms with van der Waals surface area (Å²) in [6.07, 6.45) is 1.80. The third-order valence-corrected chi connectivity index (χ3v) is 3.40. The Hall–Kier alpha value is -2.62. The van der Waals surface area contributed by atoms with Crippen molar-refractivity contribution in [3.8, 4) is 11.4 Å². The van der Waals surface area contributed by atoms with E-state index in [1.165, 1.54) is 10.8 Å². The largest absolute Gasteiger partial charge is 0.335 e. The molecule has 0 aliphatic carbocycles. The summed E-state index contributed by atoms with van der Waals surface area (Å²) in [6, 6.07) is 14.7. The Morgan fingerprint density at radius 1 is 1.05 bits per heavy atom. The number of hydrogen-bond donors (Lipinski definition) is 1. The van der Waals surface area contributed by atoms with Gasteiger partial charge in [0.25, 0.3) is 0 Å². The molecule has 4 nitrogen and oxygen atoms in total. The molecule has 2 aromatic carbocycles. The van der Waals surface area contributed by atoms with Crippen molar-refractivity contribution < 1.29 is 0 Å². The third kappa shape index (κ3) is 1.53. The molecule has 0 bridgehead atoms. The molecule has 1 N–H and O–H groups in total. The van der Waals surface area contributed by atoms with Crippen molar-refractivity contribution in [2.24, 2.45) is 7.05 Å². The molecule has 0 unspecified atom stereocenters. The van der Waals surface area contributed by atoms with Gasteiger partial charge in [-0.2, -0.15) is 5.10 Å². The topological polar surface area (TPSA) is 46.5 Å². The predicted octanol–water partition coefficient (Wildman–Crippen LogP) is 3.12. The molecule has 0 radical (unpaired) electrons. The molecule has 92 valence electrons. The van der Waals surface area contributed by atoms with Gasteiger partial charge in [0.15, 0.2) is 5.65 Å². The first-order chi connectivity index (χ1) is 9.31. The molecular weight excluding hydrogens is 236 g/mol. The van der Waals surface area contributed by atoms with Crippen LogP contribution in [0.2, 0.25) is 0 Å². The Morgan fingerprint density at radius 3 is 2.74 bits per heavy atom. The van der Waals surface area contributed by atoms with Crippen LogP contribution in [-0.4, -0.2) is 19.7 Å². The summed E-state index contributed by atoms with van der Waals surface area (Å²) >= 11 is 0. The number of hydrogen-bond acceptors (Lipinski definition) is 2. The standard InChI is InChI=1S/C15H12N4/c1-19-15-13(9-16-19)17-14(18-15)12-7-6-10-4-2-3-5-11(10)8-12/h2-9H,1H3,(H,17,18). The summed E-state index contributed by atoms with van der Waals surface area (Å²) in [5.41, 5.74) is 2.93. The van der Waals surface area contributed by atoms with Gasteiger partial charge in [0.1, 0.15) is 11.3 Å². The second-order valence-electron chi connectivity index (χ2n) is 4.65. The second kappa shape index (κ2) is 3.68. The minimum absolute atomic E-state index is 0.878. The number of aromatic nitrogens is 4. The number of benzene rings is 2. The molecular formula is C15H12N4. The summed E-state index contributed by atoms with van der Waals surface area (Å²) in [5, 5.41) is 6.62. The lowest BCUT2D eigenvalue weighted by molar-refractivity contribution is 0.787. The molecule has 4 rings (SSSR count). The van der Waals surface area contributed by atoms with Crippen molar-refractivity contribution in [2.75, 3.05) is 0 Å². The maximum Gasteiger partial charge on any atom is 0.176 e. The Bertz CT molecular complexity index is 885. The van der Waals surface area contributed by atoms with Crippen LogP contribution < -0.4 is 0 Å². The van der Waals surface area contributed by atoms with E-state index in [1.54, 1.807) is 10.9 Å². The number of imidazole rings is 1. The molecule has 4 aromatic rings. The van der Waals surface area contributed by atoms with E-state index in [0.29, 0.717) is 0 Å². The van der Waals surface area contributed by atoms with E-state index in [-0.39, 0.29) is 0 Å². The van der Waals surface area contributed by atoms with Crippen LogP contribution in [-0.2, 0) is 7.05 Å². The van der Waals surface area contributed by atoms with Crippen LogP contribution in [0.15, 0.2) is 48.7 Å². The molecule has 0 saturated carbocycles. The van der Waals surface area contributed by atoms with E-state index < -0.39 is 0 Å². The average molecular weight is 248 g/mol. The zero-order valence-corrected chi connectivity index (χ0v) is 10.5. The molecule has 2 heterocycles. The Balaban J connectivity index is 1.92. The summed E-state index contributed by atoms with van der Waals surface area (Å²) in [6.45, 7) is 0. The predicted molar refractivity (Wildman–Crippen MR) is 75.8 cm³/mol. The van der Waals surface area contributed by atoms with Crippen LogP contribution in [0.4, 0.5) is 0 Å². The molecule has 0 amide bonds. The summed E-state index contributed by atoms with van der Waals surface area (Å²) in [7, 11) is 1.90. The number of fused-ring (bicyclic) bond motifs is 2. The smallest absolute Gasteiger partial charge is 0.176 e. The van der Waals surface area contributed by atoms with Crippen LogP contribution in [0.25, 0.3) is 33.3 Å². The van der Waals surface area contributed by atoms with Gasteiger partial charge in [0, 0.05) is 12.6 Å². The fourth-order valence-corrected chi connectivity index (χ4v) is 2.39. The van der Waals surface area contributed by atoms with E-state index in [0.717, 1.165) is 22.6 Å². The highest BCUT2D eigenvalue weighted by molar-refractivity contribution is 5.87. The van der Waals surface area contributed by atoms with Crippen LogP contribution in [0, 0.1) is 0 Å². The van der Waals surface area contributed by atoms with Crippen molar-refractivity contribution in [3.63, 3.8) is 0 Å². The first-order valence-electron chi connectivity index (χ1n) is 6.18. The number of aryl methyl sites for hydroxylation is 1. The average Bonchev–Trinajstić information content (AvgIpc) is 3.01. The zero-order chi connectivity index (χ0) is 12.8. The second-order valence-corrected chi connectivity index (χ2v) is 4.65. The van der Waals surface area contributed by atoms with Gasteiger partial charge in [0.05, 0.1) is 6.20 Å². The van der Waals surface area contributed by atoms with Crippen LogP contribution in [0.3, 0.4) is 0 Å². The minimum Gasteiger partial charge on any atom is -0.335 e. The minimum atomic E-state index is 0.878. The van der Waals surface area contributed by atoms with Gasteiger partial charge >= 0.3 is 0 Å². The van der Waals surface area contributed by atoms with Gasteiger partial charge in [-0.15, -0.1) is 0 Å². The van der Waals surface area contributed by atoms with Gasteiger partial charge in [-0.05, 0) is 16.8 Å². The van der Waals surface area contributed by atoms with E-state index in [2.05, 4.69) is 57.5 Å². The molecule has 2 aromatic heterocycles. The monoisotopic (exact) mass is 248 g/mol. The third-order valence-electron chi connectivity index (χ3n) is 3.40. The summed E-state index contributed by atoms with van der Waals surface area (Å²) in [5.74, 6) is 0.883. The van der Waals surface area contributed by atoms with Crippen LogP contribution in [0.1, 0.15) is 0 Å². The first kappa shape index (κ1) is 10.3. The number of nitrogens with zero attached hydrogens (tertiary/aromatic N) is 3. The van der Waals surface area contributed by atoms with E-state index in [9.17, 15) is 0 Å². The molecule has 0 spiro atoms. The molecule has 0 atom stereocenters. The Morgan fingerprint density at radius 2 is 1.89 bits per heavy atom. The number of aromatic amines is 1. The number of H-pyrrole nitrogens is 1. The van der Waals surface area contributed by atoms with Crippen molar-refractivity contribution in [1.29, 1.82) is 0 Å². The molecule has 0 aliphatic rings. The van der Waals surface area contributed by atoms with E-state index in [1.807, 2.05) is 7.05 Å². The van der Waals surface area contributed by atoms with Crippen LogP contribution >= 0.6 is 0 Å². The van der Waals surface area contributed by atoms with Gasteiger partial charge < -0.3 is 4.98 Å². The molecule has 0 aliphatic heterocycles. The Kier molecular flexibility index (Phi) is 2.00. The van der Waals surface area contributed by atoms with E-state index >= 15 is 0 Å². The maximum atomic E-state index is 4.59. The fourth-order valence-electron chi connectivity index (χ4n) is 2.39. The highest BCUT2D eigenvalue weighted by Gasteiger charge is 2.08. The Labute approximate surface area is 109 Å². The van der Waals surface area contributed by atoms with Crippen molar-refractivity contribution in [1.82, 2.24) is 19.7 Å². The molecule has 0 saturated heterocycles. The van der Waals surface area contributed by atoms with Gasteiger partial charge in [-0.1, -0.05) is 36.4 Å². The highest BCUT2D eigenvalue weighted by Crippen LogP contribution is 2.24. The van der Waals surface area contributed by atoms with Gasteiger partial charge in [-0.25, -0.2) is 9.67 Å². The van der Waals surface area contributed by atoms with Crippen molar-refractivity contribution >= 4 is 21.9 Å². The summed E-state index contributed by atoms with van der Waals surface area (Å²) < 4.78 is 1.77. The van der Waals surface area contributed by atoms with E-state index in [4.69, 9.17) is 0 Å². The SMILES string of the molecule is Cn1ncc2[nH]c(-c3ccc4ccccc4c3)nc21. The van der Waals surface area contributed by atoms with Gasteiger partial charge in [-0.3, -0.25) is 0 Å². The summed E-state index contributed by atoms with van der Waals surface area (Å²) in [4.78, 5) is 7.90. The normalized spacial score (nSPS) is 11.4. The number of nitrogens with one attached hydrogen (secondary N) is 1. The number of rotatable bonds is 1. The zero-order valence-electron chi connectivity index (χ0n) is 10.5. The van der Waals surface area contributed by atoms with Crippen LogP contribution in [0.5, 0.6) is 0 Å². The maximum absolute atomic E-state index is 4.59. The lowest BCUT2D eigenvalue weighted by atomic mass is 10.1. The lowest BCUT2D eigenvalue weighted by Crippen LogP contribution is -1.90. The first-order valence-corrected chi connectivity index (χ1v) is 6.18. The molecule has 0 fully saturated rings.